The fourth-order valence-electron chi connectivity index (χ4n) is 2.33. The average molecular weight is 253 g/mol. The Morgan fingerprint density at radius 3 is 2.78 bits per heavy atom. The lowest BCUT2D eigenvalue weighted by atomic mass is 10.1. The molecule has 3 heteroatoms. The van der Waals surface area contributed by atoms with Crippen molar-refractivity contribution < 1.29 is 9.47 Å². The molecule has 0 N–H and O–H groups in total. The molecule has 1 heterocycles. The van der Waals surface area contributed by atoms with Crippen molar-refractivity contribution in [3.05, 3.63) is 0 Å². The van der Waals surface area contributed by atoms with Crippen LogP contribution in [-0.4, -0.2) is 19.0 Å². The molecule has 0 aliphatic carbocycles. The Labute approximate surface area is 111 Å². The van der Waals surface area contributed by atoms with Crippen LogP contribution in [0.5, 0.6) is 0 Å². The maximum atomic E-state index is 8.84. The normalized spacial score (nSPS) is 21.4. The molecule has 0 aromatic heterocycles. The summed E-state index contributed by atoms with van der Waals surface area (Å²) < 4.78 is 11.5. The maximum absolute atomic E-state index is 8.84. The summed E-state index contributed by atoms with van der Waals surface area (Å²) in [5.74, 6) is 0. The van der Waals surface area contributed by atoms with Gasteiger partial charge in [0.15, 0.2) is 6.29 Å². The average Bonchev–Trinajstić information content (AvgIpc) is 2.40. The number of hydrogen-bond donors (Lipinski definition) is 0. The molecule has 1 fully saturated rings. The van der Waals surface area contributed by atoms with Crippen LogP contribution in [-0.2, 0) is 9.47 Å². The van der Waals surface area contributed by atoms with Crippen molar-refractivity contribution in [2.24, 2.45) is 0 Å². The summed E-state index contributed by atoms with van der Waals surface area (Å²) in [6.45, 7) is 3.03. The summed E-state index contributed by atoms with van der Waals surface area (Å²) >= 11 is 0. The molecule has 1 aliphatic rings. The van der Waals surface area contributed by atoms with Gasteiger partial charge in [-0.1, -0.05) is 39.0 Å². The molecule has 0 radical (unpaired) electrons. The van der Waals surface area contributed by atoms with Gasteiger partial charge >= 0.3 is 0 Å². The number of hydrogen-bond acceptors (Lipinski definition) is 3. The Kier molecular flexibility index (Phi) is 8.89. The summed E-state index contributed by atoms with van der Waals surface area (Å²) in [6.07, 6.45) is 11.1. The molecular formula is C15H27NO2. The van der Waals surface area contributed by atoms with E-state index in [0.29, 0.717) is 6.42 Å². The van der Waals surface area contributed by atoms with E-state index in [-0.39, 0.29) is 12.4 Å². The van der Waals surface area contributed by atoms with Crippen molar-refractivity contribution in [2.45, 2.75) is 83.5 Å². The van der Waals surface area contributed by atoms with Crippen molar-refractivity contribution in [3.8, 4) is 6.07 Å². The first-order chi connectivity index (χ1) is 8.86. The zero-order valence-electron chi connectivity index (χ0n) is 11.7. The van der Waals surface area contributed by atoms with Gasteiger partial charge in [-0.15, -0.1) is 0 Å². The third-order valence-corrected chi connectivity index (χ3v) is 3.43. The molecular weight excluding hydrogens is 226 g/mol. The minimum atomic E-state index is -0.0623. The molecule has 2 unspecified atom stereocenters. The molecule has 1 saturated heterocycles. The van der Waals surface area contributed by atoms with Crippen LogP contribution in [0, 0.1) is 11.3 Å². The first kappa shape index (κ1) is 15.5. The van der Waals surface area contributed by atoms with Crippen LogP contribution in [0.2, 0.25) is 0 Å². The highest BCUT2D eigenvalue weighted by Gasteiger charge is 2.19. The predicted octanol–water partition coefficient (Wildman–Crippen LogP) is 4.17. The molecule has 104 valence electrons. The lowest BCUT2D eigenvalue weighted by Crippen LogP contribution is -2.27. The van der Waals surface area contributed by atoms with Crippen LogP contribution >= 0.6 is 0 Å². The second kappa shape index (κ2) is 10.3. The number of nitrogens with zero attached hydrogens (tertiary/aromatic N) is 1. The Hall–Kier alpha value is -0.590. The monoisotopic (exact) mass is 253 g/mol. The fourth-order valence-corrected chi connectivity index (χ4v) is 2.33. The van der Waals surface area contributed by atoms with Crippen LogP contribution in [0.1, 0.15) is 71.1 Å². The third-order valence-electron chi connectivity index (χ3n) is 3.43. The largest absolute Gasteiger partial charge is 0.353 e. The number of unbranched alkanes of at least 4 members (excludes halogenated alkanes) is 4. The Morgan fingerprint density at radius 1 is 1.28 bits per heavy atom. The summed E-state index contributed by atoms with van der Waals surface area (Å²) in [4.78, 5) is 0. The van der Waals surface area contributed by atoms with Gasteiger partial charge in [-0.2, -0.15) is 5.26 Å². The quantitative estimate of drug-likeness (QED) is 0.579. The van der Waals surface area contributed by atoms with Gasteiger partial charge in [0.05, 0.1) is 18.6 Å². The number of nitriles is 1. The standard InChI is InChI=1S/C15H27NO2/c1-2-3-4-5-6-9-14(11-12-16)18-15-10-7-8-13-17-15/h14-15H,2-11,13H2,1H3. The van der Waals surface area contributed by atoms with Gasteiger partial charge < -0.3 is 9.47 Å². The maximum Gasteiger partial charge on any atom is 0.157 e. The molecule has 18 heavy (non-hydrogen) atoms. The van der Waals surface area contributed by atoms with E-state index in [9.17, 15) is 0 Å². The zero-order valence-corrected chi connectivity index (χ0v) is 11.7. The molecule has 3 nitrogen and oxygen atoms in total. The van der Waals surface area contributed by atoms with E-state index in [1.807, 2.05) is 0 Å². The highest BCUT2D eigenvalue weighted by atomic mass is 16.7. The highest BCUT2D eigenvalue weighted by molar-refractivity contribution is 4.77. The molecule has 0 amide bonds. The molecule has 1 aliphatic heterocycles. The molecule has 0 bridgehead atoms. The van der Waals surface area contributed by atoms with E-state index >= 15 is 0 Å². The second-order valence-corrected chi connectivity index (χ2v) is 5.12. The van der Waals surface area contributed by atoms with Crippen molar-refractivity contribution >= 4 is 0 Å². The zero-order chi connectivity index (χ0) is 13.1. The van der Waals surface area contributed by atoms with E-state index in [1.165, 1.54) is 38.5 Å². The lowest BCUT2D eigenvalue weighted by Gasteiger charge is -2.26. The van der Waals surface area contributed by atoms with Gasteiger partial charge in [0, 0.05) is 6.61 Å². The van der Waals surface area contributed by atoms with Crippen LogP contribution < -0.4 is 0 Å². The third kappa shape index (κ3) is 6.98. The van der Waals surface area contributed by atoms with E-state index < -0.39 is 0 Å². The van der Waals surface area contributed by atoms with Gasteiger partial charge in [-0.25, -0.2) is 0 Å². The highest BCUT2D eigenvalue weighted by Crippen LogP contribution is 2.19. The Morgan fingerprint density at radius 2 is 2.11 bits per heavy atom. The SMILES string of the molecule is CCCCCCCC(CC#N)OC1CCCCO1. The summed E-state index contributed by atoms with van der Waals surface area (Å²) in [6, 6.07) is 2.23. The van der Waals surface area contributed by atoms with Crippen molar-refractivity contribution in [3.63, 3.8) is 0 Å². The number of rotatable bonds is 9. The van der Waals surface area contributed by atoms with E-state index in [1.54, 1.807) is 0 Å². The van der Waals surface area contributed by atoms with Gasteiger partial charge in [-0.05, 0) is 25.7 Å². The summed E-state index contributed by atoms with van der Waals surface area (Å²) in [5.41, 5.74) is 0. The first-order valence-corrected chi connectivity index (χ1v) is 7.50. The first-order valence-electron chi connectivity index (χ1n) is 7.50. The summed E-state index contributed by atoms with van der Waals surface area (Å²) in [7, 11) is 0. The topological polar surface area (TPSA) is 42.2 Å². The van der Waals surface area contributed by atoms with Crippen molar-refractivity contribution in [1.82, 2.24) is 0 Å². The second-order valence-electron chi connectivity index (χ2n) is 5.12. The molecule has 0 aromatic rings. The van der Waals surface area contributed by atoms with Crippen LogP contribution in [0.15, 0.2) is 0 Å². The smallest absolute Gasteiger partial charge is 0.157 e. The van der Waals surface area contributed by atoms with Crippen molar-refractivity contribution in [1.29, 1.82) is 5.26 Å². The van der Waals surface area contributed by atoms with Crippen molar-refractivity contribution in [2.75, 3.05) is 6.61 Å². The molecule has 0 saturated carbocycles. The predicted molar refractivity (Wildman–Crippen MR) is 72.1 cm³/mol. The van der Waals surface area contributed by atoms with Crippen LogP contribution in [0.4, 0.5) is 0 Å². The minimum absolute atomic E-state index is 0.0623. The Bertz CT molecular complexity index is 231. The minimum Gasteiger partial charge on any atom is -0.353 e. The van der Waals surface area contributed by atoms with Crippen LogP contribution in [0.3, 0.4) is 0 Å². The van der Waals surface area contributed by atoms with Gasteiger partial charge in [0.25, 0.3) is 0 Å². The van der Waals surface area contributed by atoms with E-state index in [0.717, 1.165) is 25.9 Å². The molecule has 0 spiro atoms. The van der Waals surface area contributed by atoms with Gasteiger partial charge in [0.1, 0.15) is 0 Å². The molecule has 0 aromatic carbocycles. The van der Waals surface area contributed by atoms with Gasteiger partial charge in [0.2, 0.25) is 0 Å². The van der Waals surface area contributed by atoms with E-state index in [4.69, 9.17) is 14.7 Å². The fraction of sp³-hybridized carbons (Fsp3) is 0.933. The van der Waals surface area contributed by atoms with Crippen LogP contribution in [0.25, 0.3) is 0 Å². The molecule has 1 rings (SSSR count). The Balaban J connectivity index is 2.15. The van der Waals surface area contributed by atoms with E-state index in [2.05, 4.69) is 13.0 Å². The number of ether oxygens (including phenoxy) is 2. The molecule has 2 atom stereocenters. The lowest BCUT2D eigenvalue weighted by molar-refractivity contribution is -0.188. The summed E-state index contributed by atoms with van der Waals surface area (Å²) in [5, 5.41) is 8.84. The van der Waals surface area contributed by atoms with Gasteiger partial charge in [-0.3, -0.25) is 0 Å².